The standard InChI is InChI=1S/C36H61N5O7S/c1-11-13-17-26(28(42)31(44)37-21-12-2)38-30(43)27-25(24(3)4)18-22-41(27)32(45)29(34(5,6)7)39-33(46)40-36(19-15-14-16-20-36)23-49(47,48)35(8,9)10/h1,24-27,29H,12-23H2,2-10H3,(H,37,44)(H,38,43)(H2,39,40,46)/t25?,26?,27-,29+/m0/s1. The van der Waals surface area contributed by atoms with Crippen molar-refractivity contribution < 1.29 is 32.4 Å². The van der Waals surface area contributed by atoms with Crippen LogP contribution in [0.1, 0.15) is 120 Å². The predicted molar refractivity (Wildman–Crippen MR) is 191 cm³/mol. The van der Waals surface area contributed by atoms with Crippen molar-refractivity contribution in [3.05, 3.63) is 0 Å². The van der Waals surface area contributed by atoms with Crippen molar-refractivity contribution in [2.24, 2.45) is 17.3 Å². The van der Waals surface area contributed by atoms with Crippen LogP contribution < -0.4 is 21.3 Å². The van der Waals surface area contributed by atoms with E-state index in [-0.39, 0.29) is 37.0 Å². The van der Waals surface area contributed by atoms with Gasteiger partial charge >= 0.3 is 6.03 Å². The summed E-state index contributed by atoms with van der Waals surface area (Å²) in [5.41, 5.74) is -1.76. The lowest BCUT2D eigenvalue weighted by Gasteiger charge is -2.41. The van der Waals surface area contributed by atoms with Crippen LogP contribution >= 0.6 is 0 Å². The van der Waals surface area contributed by atoms with Crippen molar-refractivity contribution in [1.29, 1.82) is 0 Å². The van der Waals surface area contributed by atoms with Gasteiger partial charge in [-0.15, -0.1) is 12.3 Å². The minimum atomic E-state index is -3.57. The molecular weight excluding hydrogens is 646 g/mol. The van der Waals surface area contributed by atoms with Gasteiger partial charge in [0.05, 0.1) is 22.1 Å². The van der Waals surface area contributed by atoms with E-state index in [1.807, 2.05) is 41.5 Å². The highest BCUT2D eigenvalue weighted by atomic mass is 32.2. The summed E-state index contributed by atoms with van der Waals surface area (Å²) in [6, 6.07) is -3.82. The molecule has 0 bridgehead atoms. The monoisotopic (exact) mass is 707 g/mol. The number of Topliss-reactive ketones (excluding diaryl/α,β-unsaturated/α-hetero) is 1. The molecule has 278 valence electrons. The fourth-order valence-corrected chi connectivity index (χ4v) is 8.19. The first-order valence-electron chi connectivity index (χ1n) is 17.8. The zero-order valence-corrected chi connectivity index (χ0v) is 32.0. The molecule has 1 heterocycles. The predicted octanol–water partition coefficient (Wildman–Crippen LogP) is 3.48. The molecule has 2 unspecified atom stereocenters. The number of nitrogens with one attached hydrogen (secondary N) is 4. The first-order chi connectivity index (χ1) is 22.6. The molecule has 5 amide bonds. The highest BCUT2D eigenvalue weighted by Gasteiger charge is 2.48. The molecule has 1 aliphatic heterocycles. The number of hydrogen-bond donors (Lipinski definition) is 4. The Morgan fingerprint density at radius 1 is 0.980 bits per heavy atom. The lowest BCUT2D eigenvalue weighted by atomic mass is 9.83. The molecule has 1 saturated heterocycles. The second kappa shape index (κ2) is 17.2. The van der Waals surface area contributed by atoms with Gasteiger partial charge in [-0.25, -0.2) is 13.2 Å². The molecule has 0 aromatic heterocycles. The summed E-state index contributed by atoms with van der Waals surface area (Å²) in [4.78, 5) is 69.2. The molecule has 4 N–H and O–H groups in total. The van der Waals surface area contributed by atoms with Crippen LogP contribution in [0.25, 0.3) is 0 Å². The van der Waals surface area contributed by atoms with Crippen LogP contribution in [-0.2, 0) is 29.0 Å². The second-order valence-corrected chi connectivity index (χ2v) is 19.0. The summed E-state index contributed by atoms with van der Waals surface area (Å²) in [6.07, 6.45) is 10.3. The molecule has 1 saturated carbocycles. The van der Waals surface area contributed by atoms with E-state index in [4.69, 9.17) is 6.42 Å². The molecule has 4 atom stereocenters. The van der Waals surface area contributed by atoms with Crippen LogP contribution in [-0.4, -0.2) is 90.1 Å². The van der Waals surface area contributed by atoms with Gasteiger partial charge in [-0.1, -0.05) is 60.8 Å². The van der Waals surface area contributed by atoms with Gasteiger partial charge < -0.3 is 26.2 Å². The minimum Gasteiger partial charge on any atom is -0.349 e. The fraction of sp³-hybridized carbons (Fsp3) is 0.806. The molecule has 0 aromatic carbocycles. The highest BCUT2D eigenvalue weighted by Crippen LogP contribution is 2.35. The summed E-state index contributed by atoms with van der Waals surface area (Å²) in [5.74, 6) is -0.624. The van der Waals surface area contributed by atoms with Crippen LogP contribution in [0.2, 0.25) is 0 Å². The first kappa shape index (κ1) is 42.0. The van der Waals surface area contributed by atoms with E-state index >= 15 is 0 Å². The molecule has 2 fully saturated rings. The van der Waals surface area contributed by atoms with Gasteiger partial charge in [-0.3, -0.25) is 19.2 Å². The van der Waals surface area contributed by atoms with Crippen LogP contribution in [0, 0.1) is 29.6 Å². The van der Waals surface area contributed by atoms with Gasteiger partial charge in [0.15, 0.2) is 9.84 Å². The number of hydrogen-bond acceptors (Lipinski definition) is 7. The highest BCUT2D eigenvalue weighted by molar-refractivity contribution is 7.92. The Bertz CT molecular complexity index is 1350. The average molecular weight is 708 g/mol. The number of sulfone groups is 1. The van der Waals surface area contributed by atoms with E-state index in [1.54, 1.807) is 20.8 Å². The van der Waals surface area contributed by atoms with Crippen LogP contribution in [0.3, 0.4) is 0 Å². The van der Waals surface area contributed by atoms with Crippen molar-refractivity contribution in [3.8, 4) is 12.3 Å². The molecule has 13 heteroatoms. The number of rotatable bonds is 14. The lowest BCUT2D eigenvalue weighted by molar-refractivity contribution is -0.144. The third-order valence-corrected chi connectivity index (χ3v) is 12.6. The number of carbonyl (C=O) groups is 5. The van der Waals surface area contributed by atoms with Gasteiger partial charge in [0.1, 0.15) is 12.1 Å². The Hall–Kier alpha value is -3.14. The number of amides is 5. The SMILES string of the molecule is C#CCCC(NC(=O)[C@@H]1C(C(C)C)CCN1C(=O)[C@@H](NC(=O)NC1(CS(=O)(=O)C(C)(C)C)CCCCC1)C(C)(C)C)C(=O)C(=O)NCCC. The lowest BCUT2D eigenvalue weighted by Crippen LogP contribution is -2.64. The number of ketones is 1. The minimum absolute atomic E-state index is 0.00142. The zero-order valence-electron chi connectivity index (χ0n) is 31.2. The van der Waals surface area contributed by atoms with E-state index in [1.165, 1.54) is 4.90 Å². The Kier molecular flexibility index (Phi) is 14.7. The van der Waals surface area contributed by atoms with E-state index in [0.29, 0.717) is 32.2 Å². The average Bonchev–Trinajstić information content (AvgIpc) is 3.45. The fourth-order valence-electron chi connectivity index (χ4n) is 6.67. The number of nitrogens with zero attached hydrogens (tertiary/aromatic N) is 1. The van der Waals surface area contributed by atoms with Gasteiger partial charge in [0.2, 0.25) is 17.6 Å². The second-order valence-electron chi connectivity index (χ2n) is 16.2. The van der Waals surface area contributed by atoms with Crippen molar-refractivity contribution in [3.63, 3.8) is 0 Å². The van der Waals surface area contributed by atoms with Crippen molar-refractivity contribution in [1.82, 2.24) is 26.2 Å². The molecule has 0 aromatic rings. The third kappa shape index (κ3) is 11.2. The van der Waals surface area contributed by atoms with Gasteiger partial charge in [0.25, 0.3) is 5.91 Å². The summed E-state index contributed by atoms with van der Waals surface area (Å²) in [7, 11) is -3.57. The molecule has 2 rings (SSSR count). The van der Waals surface area contributed by atoms with Gasteiger partial charge in [-0.05, 0) is 70.1 Å². The largest absolute Gasteiger partial charge is 0.349 e. The summed E-state index contributed by atoms with van der Waals surface area (Å²) >= 11 is 0. The van der Waals surface area contributed by atoms with E-state index in [9.17, 15) is 32.4 Å². The topological polar surface area (TPSA) is 171 Å². The molecule has 12 nitrogen and oxygen atoms in total. The van der Waals surface area contributed by atoms with E-state index in [2.05, 4.69) is 27.2 Å². The number of urea groups is 1. The Morgan fingerprint density at radius 3 is 2.10 bits per heavy atom. The Balaban J connectivity index is 2.38. The zero-order chi connectivity index (χ0) is 37.4. The molecule has 0 spiro atoms. The van der Waals surface area contributed by atoms with Gasteiger partial charge in [0, 0.05) is 19.5 Å². The number of carbonyl (C=O) groups excluding carboxylic acids is 5. The smallest absolute Gasteiger partial charge is 0.315 e. The quantitative estimate of drug-likeness (QED) is 0.158. The number of likely N-dealkylation sites (tertiary alicyclic amines) is 1. The molecule has 2 aliphatic rings. The van der Waals surface area contributed by atoms with Crippen molar-refractivity contribution in [2.45, 2.75) is 149 Å². The van der Waals surface area contributed by atoms with Crippen molar-refractivity contribution in [2.75, 3.05) is 18.8 Å². The van der Waals surface area contributed by atoms with Gasteiger partial charge in [-0.2, -0.15) is 0 Å². The maximum absolute atomic E-state index is 14.4. The maximum atomic E-state index is 14.4. The molecule has 49 heavy (non-hydrogen) atoms. The van der Waals surface area contributed by atoms with E-state index < -0.39 is 73.2 Å². The van der Waals surface area contributed by atoms with Crippen LogP contribution in [0.5, 0.6) is 0 Å². The number of terminal acetylenes is 1. The Labute approximate surface area is 294 Å². The summed E-state index contributed by atoms with van der Waals surface area (Å²) < 4.78 is 25.6. The molecular formula is C36H61N5O7S. The molecule has 0 radical (unpaired) electrons. The van der Waals surface area contributed by atoms with Crippen LogP contribution in [0.4, 0.5) is 4.79 Å². The summed E-state index contributed by atoms with van der Waals surface area (Å²) in [6.45, 7) is 16.7. The van der Waals surface area contributed by atoms with Crippen molar-refractivity contribution >= 4 is 39.4 Å². The maximum Gasteiger partial charge on any atom is 0.315 e. The molecule has 1 aliphatic carbocycles. The Morgan fingerprint density at radius 2 is 1.59 bits per heavy atom. The summed E-state index contributed by atoms with van der Waals surface area (Å²) in [5, 5.41) is 11.1. The normalized spacial score (nSPS) is 20.9. The first-order valence-corrected chi connectivity index (χ1v) is 19.4. The van der Waals surface area contributed by atoms with Crippen LogP contribution in [0.15, 0.2) is 0 Å². The van der Waals surface area contributed by atoms with E-state index in [0.717, 1.165) is 19.3 Å². The third-order valence-electron chi connectivity index (χ3n) is 9.80.